The maximum atomic E-state index is 9.67. The fraction of sp³-hybridized carbons (Fsp3) is 0.600. The van der Waals surface area contributed by atoms with Gasteiger partial charge in [-0.3, -0.25) is 0 Å². The molecule has 2 N–H and O–H groups in total. The molecule has 1 saturated heterocycles. The molecule has 1 aliphatic heterocycles. The van der Waals surface area contributed by atoms with Gasteiger partial charge in [-0.05, 0) is 31.2 Å². The highest BCUT2D eigenvalue weighted by atomic mass is 16.5. The molecule has 3 heteroatoms. The van der Waals surface area contributed by atoms with Crippen molar-refractivity contribution >= 4 is 0 Å². The molecule has 0 spiro atoms. The van der Waals surface area contributed by atoms with Crippen LogP contribution >= 0.6 is 0 Å². The lowest BCUT2D eigenvalue weighted by atomic mass is 9.91. The molecule has 0 amide bonds. The summed E-state index contributed by atoms with van der Waals surface area (Å²) >= 11 is 0. The van der Waals surface area contributed by atoms with E-state index >= 15 is 0 Å². The van der Waals surface area contributed by atoms with Gasteiger partial charge in [0, 0.05) is 13.2 Å². The van der Waals surface area contributed by atoms with Gasteiger partial charge >= 0.3 is 0 Å². The number of nitrogens with one attached hydrogen (secondary N) is 1. The molecule has 3 nitrogen and oxygen atoms in total. The minimum Gasteiger partial charge on any atom is -0.394 e. The summed E-state index contributed by atoms with van der Waals surface area (Å²) in [5.41, 5.74) is 0.767. The topological polar surface area (TPSA) is 41.5 Å². The first kappa shape index (κ1) is 13.5. The van der Waals surface area contributed by atoms with E-state index in [2.05, 4.69) is 17.4 Å². The summed E-state index contributed by atoms with van der Waals surface area (Å²) < 4.78 is 5.48. The smallest absolute Gasteiger partial charge is 0.0652 e. The molecule has 0 aromatic heterocycles. The number of aliphatic hydroxyl groups excluding tert-OH is 1. The highest BCUT2D eigenvalue weighted by Gasteiger charge is 2.26. The average molecular weight is 249 g/mol. The Morgan fingerprint density at radius 2 is 2.17 bits per heavy atom. The molecule has 2 rings (SSSR count). The van der Waals surface area contributed by atoms with E-state index in [1.807, 2.05) is 25.1 Å². The van der Waals surface area contributed by atoms with E-state index in [0.717, 1.165) is 31.7 Å². The lowest BCUT2D eigenvalue weighted by Crippen LogP contribution is -2.46. The first-order valence-corrected chi connectivity index (χ1v) is 6.74. The lowest BCUT2D eigenvalue weighted by molar-refractivity contribution is 0.0488. The third-order valence-electron chi connectivity index (χ3n) is 3.76. The number of rotatable bonds is 5. The molecule has 1 heterocycles. The van der Waals surface area contributed by atoms with Crippen LogP contribution in [0, 0.1) is 5.92 Å². The largest absolute Gasteiger partial charge is 0.394 e. The highest BCUT2D eigenvalue weighted by Crippen LogP contribution is 2.21. The van der Waals surface area contributed by atoms with Gasteiger partial charge in [0.15, 0.2) is 0 Å². The maximum absolute atomic E-state index is 9.67. The summed E-state index contributed by atoms with van der Waals surface area (Å²) in [6.07, 6.45) is 2.36. The predicted molar refractivity (Wildman–Crippen MR) is 72.4 cm³/mol. The van der Waals surface area contributed by atoms with Crippen LogP contribution in [0.5, 0.6) is 0 Å². The number of hydrogen-bond donors (Lipinski definition) is 2. The lowest BCUT2D eigenvalue weighted by Gasteiger charge is -2.32. The SMILES string of the molecule is CC(CO)(NCC1CCCOC1)c1ccccc1. The van der Waals surface area contributed by atoms with Crippen molar-refractivity contribution in [2.24, 2.45) is 5.92 Å². The maximum Gasteiger partial charge on any atom is 0.0652 e. The van der Waals surface area contributed by atoms with E-state index in [-0.39, 0.29) is 12.1 Å². The van der Waals surface area contributed by atoms with Crippen molar-refractivity contribution in [2.75, 3.05) is 26.4 Å². The fourth-order valence-electron chi connectivity index (χ4n) is 2.39. The molecule has 1 aliphatic rings. The van der Waals surface area contributed by atoms with Gasteiger partial charge in [0.2, 0.25) is 0 Å². The van der Waals surface area contributed by atoms with Crippen molar-refractivity contribution in [2.45, 2.75) is 25.3 Å². The van der Waals surface area contributed by atoms with Crippen LogP contribution in [-0.2, 0) is 10.3 Å². The van der Waals surface area contributed by atoms with Gasteiger partial charge in [0.05, 0.1) is 18.8 Å². The Labute approximate surface area is 109 Å². The molecule has 100 valence electrons. The molecule has 2 atom stereocenters. The Hall–Kier alpha value is -0.900. The van der Waals surface area contributed by atoms with Crippen molar-refractivity contribution in [1.82, 2.24) is 5.32 Å². The van der Waals surface area contributed by atoms with Crippen molar-refractivity contribution < 1.29 is 9.84 Å². The Morgan fingerprint density at radius 1 is 1.39 bits per heavy atom. The second kappa shape index (κ2) is 6.32. The van der Waals surface area contributed by atoms with E-state index < -0.39 is 0 Å². The zero-order chi connectivity index (χ0) is 12.8. The van der Waals surface area contributed by atoms with Crippen molar-refractivity contribution in [1.29, 1.82) is 0 Å². The van der Waals surface area contributed by atoms with E-state index in [0.29, 0.717) is 5.92 Å². The van der Waals surface area contributed by atoms with Gasteiger partial charge in [-0.25, -0.2) is 0 Å². The third-order valence-corrected chi connectivity index (χ3v) is 3.76. The normalized spacial score (nSPS) is 23.6. The standard InChI is InChI=1S/C15H23NO2/c1-15(12-17,14-7-3-2-4-8-14)16-10-13-6-5-9-18-11-13/h2-4,7-8,13,16-17H,5-6,9-12H2,1H3. The molecule has 1 aromatic rings. The fourth-order valence-corrected chi connectivity index (χ4v) is 2.39. The van der Waals surface area contributed by atoms with Crippen LogP contribution in [0.25, 0.3) is 0 Å². The van der Waals surface area contributed by atoms with Crippen LogP contribution in [0.3, 0.4) is 0 Å². The van der Waals surface area contributed by atoms with Gasteiger partial charge in [-0.2, -0.15) is 0 Å². The van der Waals surface area contributed by atoms with Crippen LogP contribution in [0.4, 0.5) is 0 Å². The molecular formula is C15H23NO2. The monoisotopic (exact) mass is 249 g/mol. The molecule has 18 heavy (non-hydrogen) atoms. The molecule has 1 aromatic carbocycles. The number of aliphatic hydroxyl groups is 1. The van der Waals surface area contributed by atoms with Crippen LogP contribution < -0.4 is 5.32 Å². The van der Waals surface area contributed by atoms with Crippen LogP contribution in [0.1, 0.15) is 25.3 Å². The molecule has 0 radical (unpaired) electrons. The second-order valence-electron chi connectivity index (χ2n) is 5.32. The summed E-state index contributed by atoms with van der Waals surface area (Å²) in [4.78, 5) is 0. The molecular weight excluding hydrogens is 226 g/mol. The van der Waals surface area contributed by atoms with Crippen molar-refractivity contribution in [3.8, 4) is 0 Å². The van der Waals surface area contributed by atoms with E-state index in [4.69, 9.17) is 4.74 Å². The average Bonchev–Trinajstić information content (AvgIpc) is 2.47. The van der Waals surface area contributed by atoms with Crippen LogP contribution in [0.2, 0.25) is 0 Å². The van der Waals surface area contributed by atoms with E-state index in [9.17, 15) is 5.11 Å². The van der Waals surface area contributed by atoms with Crippen molar-refractivity contribution in [3.63, 3.8) is 0 Å². The van der Waals surface area contributed by atoms with E-state index in [1.54, 1.807) is 0 Å². The molecule has 0 bridgehead atoms. The van der Waals surface area contributed by atoms with E-state index in [1.165, 1.54) is 6.42 Å². The first-order chi connectivity index (χ1) is 8.74. The Balaban J connectivity index is 1.95. The van der Waals surface area contributed by atoms with Crippen LogP contribution in [-0.4, -0.2) is 31.5 Å². The Bertz CT molecular complexity index is 349. The van der Waals surface area contributed by atoms with Crippen LogP contribution in [0.15, 0.2) is 30.3 Å². The summed E-state index contributed by atoms with van der Waals surface area (Å²) in [6.45, 7) is 4.78. The summed E-state index contributed by atoms with van der Waals surface area (Å²) in [7, 11) is 0. The predicted octanol–water partition coefficient (Wildman–Crippen LogP) is 1.91. The van der Waals surface area contributed by atoms with Gasteiger partial charge in [0.25, 0.3) is 0 Å². The van der Waals surface area contributed by atoms with Gasteiger partial charge in [-0.1, -0.05) is 30.3 Å². The summed E-state index contributed by atoms with van der Waals surface area (Å²) in [5.74, 6) is 0.563. The molecule has 2 unspecified atom stereocenters. The minimum atomic E-state index is -0.362. The first-order valence-electron chi connectivity index (χ1n) is 6.74. The number of hydrogen-bond acceptors (Lipinski definition) is 3. The Morgan fingerprint density at radius 3 is 2.78 bits per heavy atom. The van der Waals surface area contributed by atoms with Crippen molar-refractivity contribution in [3.05, 3.63) is 35.9 Å². The number of benzene rings is 1. The van der Waals surface area contributed by atoms with Gasteiger partial charge < -0.3 is 15.2 Å². The Kier molecular flexibility index (Phi) is 4.75. The highest BCUT2D eigenvalue weighted by molar-refractivity contribution is 5.23. The number of ether oxygens (including phenoxy) is 1. The summed E-state index contributed by atoms with van der Waals surface area (Å²) in [6, 6.07) is 10.1. The zero-order valence-electron chi connectivity index (χ0n) is 11.1. The molecule has 1 fully saturated rings. The minimum absolute atomic E-state index is 0.102. The molecule has 0 saturated carbocycles. The summed E-state index contributed by atoms with van der Waals surface area (Å²) in [5, 5.41) is 13.2. The third kappa shape index (κ3) is 3.31. The second-order valence-corrected chi connectivity index (χ2v) is 5.32. The van der Waals surface area contributed by atoms with Gasteiger partial charge in [0.1, 0.15) is 0 Å². The zero-order valence-corrected chi connectivity index (χ0v) is 11.1. The van der Waals surface area contributed by atoms with Gasteiger partial charge in [-0.15, -0.1) is 0 Å². The quantitative estimate of drug-likeness (QED) is 0.837. The molecule has 0 aliphatic carbocycles.